The van der Waals surface area contributed by atoms with Gasteiger partial charge in [-0.05, 0) is 42.5 Å². The van der Waals surface area contributed by atoms with Crippen LogP contribution >= 0.6 is 0 Å². The van der Waals surface area contributed by atoms with Crippen molar-refractivity contribution in [3.8, 4) is 11.5 Å². The molecule has 0 bridgehead atoms. The van der Waals surface area contributed by atoms with E-state index in [0.29, 0.717) is 35.7 Å². The van der Waals surface area contributed by atoms with E-state index in [4.69, 9.17) is 9.47 Å². The largest absolute Gasteiger partial charge is 0.454 e. The molecule has 0 spiro atoms. The third kappa shape index (κ3) is 4.79. The van der Waals surface area contributed by atoms with Crippen molar-refractivity contribution in [1.29, 1.82) is 0 Å². The van der Waals surface area contributed by atoms with Gasteiger partial charge in [-0.25, -0.2) is 13.8 Å². The number of morpholine rings is 1. The molecule has 7 nitrogen and oxygen atoms in total. The van der Waals surface area contributed by atoms with Gasteiger partial charge in [0.15, 0.2) is 11.6 Å². The van der Waals surface area contributed by atoms with E-state index in [9.17, 15) is 13.6 Å². The molecule has 172 valence electrons. The average molecular weight is 462 g/mol. The number of nitrogens with zero attached hydrogens (tertiary/aromatic N) is 3. The van der Waals surface area contributed by atoms with Gasteiger partial charge in [0.2, 0.25) is 0 Å². The maximum absolute atomic E-state index is 14.5. The van der Waals surface area contributed by atoms with E-state index in [1.807, 2.05) is 0 Å². The first-order chi connectivity index (χ1) is 16.5. The Balaban J connectivity index is 1.36. The molecule has 5 rings (SSSR count). The van der Waals surface area contributed by atoms with Crippen LogP contribution in [0.1, 0.15) is 10.4 Å². The van der Waals surface area contributed by atoms with Crippen LogP contribution in [0.3, 0.4) is 0 Å². The molecule has 1 N–H and O–H groups in total. The summed E-state index contributed by atoms with van der Waals surface area (Å²) in [6, 6.07) is 14.4. The Kier molecular flexibility index (Phi) is 6.01. The van der Waals surface area contributed by atoms with Gasteiger partial charge in [0.25, 0.3) is 5.91 Å². The van der Waals surface area contributed by atoms with Crippen molar-refractivity contribution in [2.45, 2.75) is 0 Å². The van der Waals surface area contributed by atoms with Crippen LogP contribution in [-0.4, -0.2) is 42.2 Å². The van der Waals surface area contributed by atoms with E-state index < -0.39 is 17.5 Å². The van der Waals surface area contributed by atoms with Gasteiger partial charge in [-0.15, -0.1) is 0 Å². The van der Waals surface area contributed by atoms with Crippen LogP contribution < -0.4 is 15.0 Å². The van der Waals surface area contributed by atoms with Gasteiger partial charge in [-0.1, -0.05) is 6.07 Å². The lowest BCUT2D eigenvalue weighted by atomic mass is 10.2. The zero-order valence-corrected chi connectivity index (χ0v) is 18.0. The number of hydrogen-bond donors (Lipinski definition) is 1. The Hall–Kier alpha value is -4.11. The van der Waals surface area contributed by atoms with Gasteiger partial charge in [-0.2, -0.15) is 0 Å². The molecular weight excluding hydrogens is 442 g/mol. The lowest BCUT2D eigenvalue weighted by Gasteiger charge is -2.27. The molecule has 1 aromatic heterocycles. The maximum Gasteiger partial charge on any atom is 0.255 e. The van der Waals surface area contributed by atoms with E-state index in [1.165, 1.54) is 36.4 Å². The standard InChI is InChI=1S/C25H20F2N4O3/c26-17-3-1-2-16(12-17)25(32)29-18-4-6-20(27)23(13-18)34-19-5-7-21-22(14-19)30-24(15-28-21)31-8-10-33-11-9-31/h1-7,12-15H,8-11H2,(H,29,32). The van der Waals surface area contributed by atoms with Crippen molar-refractivity contribution in [2.24, 2.45) is 0 Å². The van der Waals surface area contributed by atoms with Crippen molar-refractivity contribution in [1.82, 2.24) is 9.97 Å². The highest BCUT2D eigenvalue weighted by atomic mass is 19.1. The molecule has 9 heteroatoms. The number of rotatable bonds is 5. The van der Waals surface area contributed by atoms with E-state index >= 15 is 0 Å². The lowest BCUT2D eigenvalue weighted by molar-refractivity contribution is 0.102. The SMILES string of the molecule is O=C(Nc1ccc(F)c(Oc2ccc3ncc(N4CCOCC4)nc3c2)c1)c1cccc(F)c1. The van der Waals surface area contributed by atoms with Crippen molar-refractivity contribution >= 4 is 28.4 Å². The van der Waals surface area contributed by atoms with Crippen molar-refractivity contribution in [2.75, 3.05) is 36.5 Å². The van der Waals surface area contributed by atoms with Gasteiger partial charge in [0.05, 0.1) is 30.4 Å². The minimum Gasteiger partial charge on any atom is -0.454 e. The van der Waals surface area contributed by atoms with E-state index in [-0.39, 0.29) is 11.3 Å². The summed E-state index contributed by atoms with van der Waals surface area (Å²) in [5, 5.41) is 2.62. The number of amides is 1. The van der Waals surface area contributed by atoms with E-state index in [2.05, 4.69) is 20.2 Å². The number of anilines is 2. The number of carbonyl (C=O) groups is 1. The molecule has 1 saturated heterocycles. The van der Waals surface area contributed by atoms with Crippen LogP contribution in [-0.2, 0) is 4.74 Å². The third-order valence-electron chi connectivity index (χ3n) is 5.34. The fourth-order valence-corrected chi connectivity index (χ4v) is 3.61. The molecule has 0 radical (unpaired) electrons. The smallest absolute Gasteiger partial charge is 0.255 e. The number of aromatic nitrogens is 2. The zero-order chi connectivity index (χ0) is 23.5. The number of halogens is 2. The Labute approximate surface area is 194 Å². The molecule has 34 heavy (non-hydrogen) atoms. The van der Waals surface area contributed by atoms with Crippen LogP contribution in [0, 0.1) is 11.6 Å². The first-order valence-corrected chi connectivity index (χ1v) is 10.7. The Bertz CT molecular complexity index is 1360. The monoisotopic (exact) mass is 462 g/mol. The number of fused-ring (bicyclic) bond motifs is 1. The Morgan fingerprint density at radius 3 is 2.68 bits per heavy atom. The topological polar surface area (TPSA) is 76.6 Å². The van der Waals surface area contributed by atoms with Crippen molar-refractivity contribution in [3.63, 3.8) is 0 Å². The van der Waals surface area contributed by atoms with Gasteiger partial charge in [0.1, 0.15) is 17.4 Å². The number of ether oxygens (including phenoxy) is 2. The second kappa shape index (κ2) is 9.40. The molecule has 1 amide bonds. The summed E-state index contributed by atoms with van der Waals surface area (Å²) < 4.78 is 39.0. The summed E-state index contributed by atoms with van der Waals surface area (Å²) in [4.78, 5) is 23.6. The number of benzene rings is 3. The second-order valence-electron chi connectivity index (χ2n) is 7.69. The minimum absolute atomic E-state index is 0.0753. The predicted molar refractivity (Wildman–Crippen MR) is 123 cm³/mol. The molecule has 1 aliphatic rings. The van der Waals surface area contributed by atoms with Gasteiger partial charge in [-0.3, -0.25) is 9.78 Å². The highest BCUT2D eigenvalue weighted by Crippen LogP contribution is 2.29. The molecule has 0 atom stereocenters. The zero-order valence-electron chi connectivity index (χ0n) is 18.0. The van der Waals surface area contributed by atoms with Crippen LogP contribution in [0.15, 0.2) is 66.9 Å². The quantitative estimate of drug-likeness (QED) is 0.460. The fourth-order valence-electron chi connectivity index (χ4n) is 3.61. The Morgan fingerprint density at radius 1 is 1.00 bits per heavy atom. The van der Waals surface area contributed by atoms with Gasteiger partial charge < -0.3 is 19.7 Å². The van der Waals surface area contributed by atoms with Gasteiger partial charge in [0, 0.05) is 36.5 Å². The van der Waals surface area contributed by atoms with E-state index in [0.717, 1.165) is 25.0 Å². The first kappa shape index (κ1) is 21.7. The first-order valence-electron chi connectivity index (χ1n) is 10.7. The maximum atomic E-state index is 14.5. The molecule has 4 aromatic rings. The molecule has 0 saturated carbocycles. The Morgan fingerprint density at radius 2 is 1.85 bits per heavy atom. The predicted octanol–water partition coefficient (Wildman–Crippen LogP) is 4.79. The second-order valence-corrected chi connectivity index (χ2v) is 7.69. The summed E-state index contributed by atoms with van der Waals surface area (Å²) in [5.41, 5.74) is 1.75. The summed E-state index contributed by atoms with van der Waals surface area (Å²) >= 11 is 0. The normalized spacial score (nSPS) is 13.6. The summed E-state index contributed by atoms with van der Waals surface area (Å²) in [5.74, 6) is -0.610. The fraction of sp³-hybridized carbons (Fsp3) is 0.160. The minimum atomic E-state index is -0.600. The van der Waals surface area contributed by atoms with Crippen molar-refractivity contribution < 1.29 is 23.0 Å². The van der Waals surface area contributed by atoms with Crippen LogP contribution in [0.4, 0.5) is 20.3 Å². The number of hydrogen-bond acceptors (Lipinski definition) is 6. The van der Waals surface area contributed by atoms with Gasteiger partial charge >= 0.3 is 0 Å². The molecule has 1 fully saturated rings. The highest BCUT2D eigenvalue weighted by molar-refractivity contribution is 6.04. The number of nitrogens with one attached hydrogen (secondary N) is 1. The van der Waals surface area contributed by atoms with E-state index in [1.54, 1.807) is 24.4 Å². The third-order valence-corrected chi connectivity index (χ3v) is 5.34. The molecule has 1 aliphatic heterocycles. The van der Waals surface area contributed by atoms with Crippen molar-refractivity contribution in [3.05, 3.63) is 84.1 Å². The molecular formula is C25H20F2N4O3. The van der Waals surface area contributed by atoms with Crippen LogP contribution in [0.5, 0.6) is 11.5 Å². The average Bonchev–Trinajstić information content (AvgIpc) is 2.86. The molecule has 0 unspecified atom stereocenters. The number of carbonyl (C=O) groups excluding carboxylic acids is 1. The highest BCUT2D eigenvalue weighted by Gasteiger charge is 2.15. The van der Waals surface area contributed by atoms with Crippen LogP contribution in [0.25, 0.3) is 11.0 Å². The molecule has 0 aliphatic carbocycles. The summed E-state index contributed by atoms with van der Waals surface area (Å²) in [6.45, 7) is 2.73. The molecule has 2 heterocycles. The summed E-state index contributed by atoms with van der Waals surface area (Å²) in [7, 11) is 0. The molecule has 3 aromatic carbocycles. The summed E-state index contributed by atoms with van der Waals surface area (Å²) in [6.07, 6.45) is 1.72. The van der Waals surface area contributed by atoms with Crippen LogP contribution in [0.2, 0.25) is 0 Å². The lowest BCUT2D eigenvalue weighted by Crippen LogP contribution is -2.36.